The molecule has 0 fully saturated rings. The summed E-state index contributed by atoms with van der Waals surface area (Å²) in [6.45, 7) is 4.51. The summed E-state index contributed by atoms with van der Waals surface area (Å²) in [7, 11) is 0. The second-order valence-electron chi connectivity index (χ2n) is 5.91. The highest BCUT2D eigenvalue weighted by molar-refractivity contribution is 6.00. The molecule has 0 amide bonds. The molecule has 2 unspecified atom stereocenters. The molecular formula is C18H26O. The highest BCUT2D eigenvalue weighted by atomic mass is 16.1. The molecule has 1 aliphatic carbocycles. The molecule has 19 heavy (non-hydrogen) atoms. The standard InChI is InChI=1S/C18H26O/c1-3-5-8-14(4-2)13-16-12-11-15-9-6-7-10-17(15)18(16)19/h6-7,9-10,14,16H,3-5,8,11-13H2,1-2H3. The van der Waals surface area contributed by atoms with Gasteiger partial charge in [0.15, 0.2) is 5.78 Å². The van der Waals surface area contributed by atoms with E-state index in [-0.39, 0.29) is 5.92 Å². The Bertz CT molecular complexity index is 421. The third kappa shape index (κ3) is 3.46. The van der Waals surface area contributed by atoms with Gasteiger partial charge in [-0.2, -0.15) is 0 Å². The van der Waals surface area contributed by atoms with Crippen molar-refractivity contribution < 1.29 is 4.79 Å². The minimum Gasteiger partial charge on any atom is -0.294 e. The van der Waals surface area contributed by atoms with Crippen LogP contribution in [0, 0.1) is 11.8 Å². The van der Waals surface area contributed by atoms with E-state index in [1.54, 1.807) is 0 Å². The number of benzene rings is 1. The number of rotatable bonds is 6. The van der Waals surface area contributed by atoms with Gasteiger partial charge in [-0.05, 0) is 30.7 Å². The zero-order valence-corrected chi connectivity index (χ0v) is 12.3. The molecule has 0 bridgehead atoms. The number of Topliss-reactive ketones (excluding diaryl/α,β-unsaturated/α-hetero) is 1. The maximum Gasteiger partial charge on any atom is 0.166 e. The fourth-order valence-electron chi connectivity index (χ4n) is 3.27. The number of carbonyl (C=O) groups excluding carboxylic acids is 1. The smallest absolute Gasteiger partial charge is 0.166 e. The third-order valence-corrected chi connectivity index (χ3v) is 4.58. The van der Waals surface area contributed by atoms with E-state index >= 15 is 0 Å². The lowest BCUT2D eigenvalue weighted by Crippen LogP contribution is -2.24. The van der Waals surface area contributed by atoms with E-state index in [2.05, 4.69) is 19.9 Å². The summed E-state index contributed by atoms with van der Waals surface area (Å²) >= 11 is 0. The topological polar surface area (TPSA) is 17.1 Å². The predicted octanol–water partition coefficient (Wildman–Crippen LogP) is 5.04. The lowest BCUT2D eigenvalue weighted by Gasteiger charge is -2.26. The second kappa shape index (κ2) is 6.88. The van der Waals surface area contributed by atoms with Crippen LogP contribution in [0.3, 0.4) is 0 Å². The van der Waals surface area contributed by atoms with Crippen LogP contribution < -0.4 is 0 Å². The Balaban J connectivity index is 2.01. The second-order valence-corrected chi connectivity index (χ2v) is 5.91. The minimum atomic E-state index is 0.275. The molecule has 0 aliphatic heterocycles. The Hall–Kier alpha value is -1.11. The maximum absolute atomic E-state index is 12.5. The first-order valence-electron chi connectivity index (χ1n) is 7.88. The molecule has 2 rings (SSSR count). The normalized spacial score (nSPS) is 20.1. The molecule has 0 aromatic heterocycles. The van der Waals surface area contributed by atoms with Gasteiger partial charge in [0, 0.05) is 11.5 Å². The van der Waals surface area contributed by atoms with E-state index in [9.17, 15) is 4.79 Å². The summed E-state index contributed by atoms with van der Waals surface area (Å²) in [5.74, 6) is 1.41. The van der Waals surface area contributed by atoms with Crippen LogP contribution >= 0.6 is 0 Å². The van der Waals surface area contributed by atoms with Gasteiger partial charge in [0.05, 0.1) is 0 Å². The van der Waals surface area contributed by atoms with Crippen LogP contribution in [0.1, 0.15) is 68.3 Å². The summed E-state index contributed by atoms with van der Waals surface area (Å²) in [6.07, 6.45) is 8.30. The van der Waals surface area contributed by atoms with Gasteiger partial charge in [0.2, 0.25) is 0 Å². The third-order valence-electron chi connectivity index (χ3n) is 4.58. The SMILES string of the molecule is CCCCC(CC)CC1CCc2ccccc2C1=O. The summed E-state index contributed by atoms with van der Waals surface area (Å²) in [5, 5.41) is 0. The number of hydrogen-bond donors (Lipinski definition) is 0. The van der Waals surface area contributed by atoms with Gasteiger partial charge in [0.25, 0.3) is 0 Å². The molecule has 1 aliphatic rings. The van der Waals surface area contributed by atoms with Crippen LogP contribution in [-0.4, -0.2) is 5.78 Å². The molecule has 2 atom stereocenters. The zero-order valence-electron chi connectivity index (χ0n) is 12.3. The molecule has 104 valence electrons. The molecule has 1 heteroatoms. The monoisotopic (exact) mass is 258 g/mol. The minimum absolute atomic E-state index is 0.275. The van der Waals surface area contributed by atoms with Crippen LogP contribution in [0.4, 0.5) is 0 Å². The molecular weight excluding hydrogens is 232 g/mol. The number of ketones is 1. The van der Waals surface area contributed by atoms with E-state index in [1.807, 2.05) is 18.2 Å². The van der Waals surface area contributed by atoms with Crippen molar-refractivity contribution in [2.45, 2.75) is 58.8 Å². The van der Waals surface area contributed by atoms with E-state index in [4.69, 9.17) is 0 Å². The summed E-state index contributed by atoms with van der Waals surface area (Å²) in [6, 6.07) is 8.16. The van der Waals surface area contributed by atoms with Crippen molar-refractivity contribution in [1.82, 2.24) is 0 Å². The molecule has 0 spiro atoms. The van der Waals surface area contributed by atoms with Gasteiger partial charge in [-0.25, -0.2) is 0 Å². The van der Waals surface area contributed by atoms with Gasteiger partial charge < -0.3 is 0 Å². The van der Waals surface area contributed by atoms with Gasteiger partial charge in [0.1, 0.15) is 0 Å². The van der Waals surface area contributed by atoms with Crippen LogP contribution in [0.25, 0.3) is 0 Å². The van der Waals surface area contributed by atoms with Crippen molar-refractivity contribution in [3.8, 4) is 0 Å². The highest BCUT2D eigenvalue weighted by Gasteiger charge is 2.28. The first kappa shape index (κ1) is 14.3. The average molecular weight is 258 g/mol. The highest BCUT2D eigenvalue weighted by Crippen LogP contribution is 2.32. The fraction of sp³-hybridized carbons (Fsp3) is 0.611. The van der Waals surface area contributed by atoms with Crippen LogP contribution in [0.5, 0.6) is 0 Å². The lowest BCUT2D eigenvalue weighted by molar-refractivity contribution is 0.0877. The molecule has 0 saturated carbocycles. The Morgan fingerprint density at radius 2 is 2.05 bits per heavy atom. The number of carbonyl (C=O) groups is 1. The molecule has 0 saturated heterocycles. The number of unbranched alkanes of at least 4 members (excludes halogenated alkanes) is 1. The fourth-order valence-corrected chi connectivity index (χ4v) is 3.27. The number of hydrogen-bond acceptors (Lipinski definition) is 1. The van der Waals surface area contributed by atoms with Gasteiger partial charge >= 0.3 is 0 Å². The molecule has 1 aromatic rings. The Morgan fingerprint density at radius 3 is 2.79 bits per heavy atom. The molecule has 0 heterocycles. The van der Waals surface area contributed by atoms with E-state index < -0.39 is 0 Å². The van der Waals surface area contributed by atoms with Crippen molar-refractivity contribution in [3.05, 3.63) is 35.4 Å². The lowest BCUT2D eigenvalue weighted by atomic mass is 9.77. The molecule has 1 nitrogen and oxygen atoms in total. The maximum atomic E-state index is 12.5. The molecule has 1 aromatic carbocycles. The molecule has 0 radical (unpaired) electrons. The quantitative estimate of drug-likeness (QED) is 0.698. The number of aryl methyl sites for hydroxylation is 1. The van der Waals surface area contributed by atoms with Gasteiger partial charge in [-0.3, -0.25) is 4.79 Å². The average Bonchev–Trinajstić information content (AvgIpc) is 2.46. The first-order chi connectivity index (χ1) is 9.26. The van der Waals surface area contributed by atoms with Crippen LogP contribution in [0.15, 0.2) is 24.3 Å². The van der Waals surface area contributed by atoms with Crippen molar-refractivity contribution in [2.24, 2.45) is 11.8 Å². The van der Waals surface area contributed by atoms with E-state index in [0.29, 0.717) is 5.78 Å². The Morgan fingerprint density at radius 1 is 1.26 bits per heavy atom. The van der Waals surface area contributed by atoms with Crippen LogP contribution in [-0.2, 0) is 6.42 Å². The first-order valence-corrected chi connectivity index (χ1v) is 7.88. The largest absolute Gasteiger partial charge is 0.294 e. The summed E-state index contributed by atoms with van der Waals surface area (Å²) in [5.41, 5.74) is 2.24. The number of fused-ring (bicyclic) bond motifs is 1. The van der Waals surface area contributed by atoms with Gasteiger partial charge in [-0.15, -0.1) is 0 Å². The predicted molar refractivity (Wildman–Crippen MR) is 80.5 cm³/mol. The van der Waals surface area contributed by atoms with E-state index in [0.717, 1.165) is 30.7 Å². The van der Waals surface area contributed by atoms with Crippen molar-refractivity contribution in [1.29, 1.82) is 0 Å². The Kier molecular flexibility index (Phi) is 5.18. The van der Waals surface area contributed by atoms with Crippen molar-refractivity contribution >= 4 is 5.78 Å². The van der Waals surface area contributed by atoms with Crippen molar-refractivity contribution in [3.63, 3.8) is 0 Å². The summed E-state index contributed by atoms with van der Waals surface area (Å²) < 4.78 is 0. The van der Waals surface area contributed by atoms with Crippen LogP contribution in [0.2, 0.25) is 0 Å². The zero-order chi connectivity index (χ0) is 13.7. The molecule has 0 N–H and O–H groups in total. The Labute approximate surface area is 117 Å². The van der Waals surface area contributed by atoms with Crippen molar-refractivity contribution in [2.75, 3.05) is 0 Å². The summed E-state index contributed by atoms with van der Waals surface area (Å²) in [4.78, 5) is 12.5. The van der Waals surface area contributed by atoms with Gasteiger partial charge in [-0.1, -0.05) is 63.8 Å². The van der Waals surface area contributed by atoms with E-state index in [1.165, 1.54) is 31.2 Å².